The van der Waals surface area contributed by atoms with Gasteiger partial charge in [-0.2, -0.15) is 35.9 Å². The number of rotatable bonds is 7. The molecule has 3 heteroatoms. The summed E-state index contributed by atoms with van der Waals surface area (Å²) >= 11 is 0. The van der Waals surface area contributed by atoms with Gasteiger partial charge in [-0.25, -0.2) is 18.2 Å². The normalized spacial score (nSPS) is 11.4. The first-order valence-corrected chi connectivity index (χ1v) is 15.8. The van der Waals surface area contributed by atoms with Gasteiger partial charge in [0.1, 0.15) is 0 Å². The van der Waals surface area contributed by atoms with E-state index in [9.17, 15) is 0 Å². The van der Waals surface area contributed by atoms with Crippen molar-refractivity contribution in [3.05, 3.63) is 175 Å². The van der Waals surface area contributed by atoms with Crippen LogP contribution in [0.3, 0.4) is 0 Å². The van der Waals surface area contributed by atoms with Crippen LogP contribution >= 0.6 is 15.8 Å². The van der Waals surface area contributed by atoms with E-state index < -0.39 is 15.8 Å². The summed E-state index contributed by atoms with van der Waals surface area (Å²) in [5.74, 6) is 0. The molecule has 39 heavy (non-hydrogen) atoms. The second kappa shape index (κ2) is 14.9. The molecule has 0 N–H and O–H groups in total. The Kier molecular flexibility index (Phi) is 11.1. The number of hydrogen-bond donors (Lipinski definition) is 0. The van der Waals surface area contributed by atoms with E-state index in [1.54, 1.807) is 0 Å². The maximum atomic E-state index is 2.42. The van der Waals surface area contributed by atoms with Gasteiger partial charge in [0.15, 0.2) is 0 Å². The zero-order valence-electron chi connectivity index (χ0n) is 22.0. The van der Waals surface area contributed by atoms with Gasteiger partial charge in [0.2, 0.25) is 0 Å². The molecule has 1 atom stereocenters. The van der Waals surface area contributed by atoms with Gasteiger partial charge in [-0.15, -0.1) is 5.30 Å². The third kappa shape index (κ3) is 7.33. The molecule has 0 aromatic heterocycles. The monoisotopic (exact) mass is 582 g/mol. The van der Waals surface area contributed by atoms with Crippen molar-refractivity contribution in [1.29, 1.82) is 0 Å². The van der Waals surface area contributed by atoms with Gasteiger partial charge in [-0.05, 0) is 42.7 Å². The Morgan fingerprint density at radius 3 is 1.28 bits per heavy atom. The topological polar surface area (TPSA) is 0 Å². The summed E-state index contributed by atoms with van der Waals surface area (Å²) in [4.78, 5) is 0. The Balaban J connectivity index is 0.000000530. The van der Waals surface area contributed by atoms with Crippen molar-refractivity contribution in [2.24, 2.45) is 0 Å². The molecule has 6 aromatic carbocycles. The maximum absolute atomic E-state index is 2.42. The molecule has 194 valence electrons. The number of hydrogen-bond acceptors (Lipinski definition) is 0. The fourth-order valence-corrected chi connectivity index (χ4v) is 10.1. The molecule has 0 bridgehead atoms. The van der Waals surface area contributed by atoms with Crippen LogP contribution in [0.4, 0.5) is 0 Å². The van der Waals surface area contributed by atoms with Crippen LogP contribution in [0, 0.1) is 0 Å². The fourth-order valence-electron chi connectivity index (χ4n) is 4.80. The van der Waals surface area contributed by atoms with Crippen molar-refractivity contribution in [1.82, 2.24) is 0 Å². The van der Waals surface area contributed by atoms with Crippen LogP contribution in [0.15, 0.2) is 170 Å². The van der Waals surface area contributed by atoms with Crippen molar-refractivity contribution in [2.75, 3.05) is 0 Å². The summed E-state index contributed by atoms with van der Waals surface area (Å²) in [6.07, 6.45) is 0. The molecule has 6 aromatic rings. The molecule has 0 spiro atoms. The standard InChI is InChI=1S/C31H27P2.C5H5.Fe/c1-25(32(26-15-6-2-7-16-26)27-17-8-3-9-18-27)30-23-14-24-31(30)33(28-19-10-4-11-20-28)29-21-12-5-13-22-29;1-2-4-5-3-1;/h2-25H,1H3;1-5H;/q2*-1;+2. The molecule has 0 saturated heterocycles. The second-order valence-corrected chi connectivity index (χ2v) is 13.8. The Labute approximate surface area is 246 Å². The van der Waals surface area contributed by atoms with E-state index in [0.717, 1.165) is 0 Å². The molecule has 1 unspecified atom stereocenters. The van der Waals surface area contributed by atoms with Gasteiger partial charge in [-0.1, -0.05) is 128 Å². The zero-order valence-corrected chi connectivity index (χ0v) is 24.9. The molecule has 0 saturated carbocycles. The average Bonchev–Trinajstić information content (AvgIpc) is 3.72. The molecule has 6 rings (SSSR count). The van der Waals surface area contributed by atoms with E-state index in [1.165, 1.54) is 32.1 Å². The predicted molar refractivity (Wildman–Crippen MR) is 170 cm³/mol. The Hall–Kier alpha value is -3.04. The minimum Gasteiger partial charge on any atom is -0.214 e. The zero-order chi connectivity index (χ0) is 26.0. The van der Waals surface area contributed by atoms with E-state index in [1.807, 2.05) is 30.3 Å². The van der Waals surface area contributed by atoms with E-state index in [0.29, 0.717) is 5.66 Å². The summed E-state index contributed by atoms with van der Waals surface area (Å²) in [6, 6.07) is 61.2. The average molecular weight is 582 g/mol. The van der Waals surface area contributed by atoms with Crippen molar-refractivity contribution in [2.45, 2.75) is 12.6 Å². The first-order valence-electron chi connectivity index (χ1n) is 13.0. The first kappa shape index (κ1) is 29.0. The smallest absolute Gasteiger partial charge is 0.214 e. The van der Waals surface area contributed by atoms with Crippen molar-refractivity contribution in [3.63, 3.8) is 0 Å². The second-order valence-electron chi connectivity index (χ2n) is 9.05. The van der Waals surface area contributed by atoms with Gasteiger partial charge < -0.3 is 0 Å². The van der Waals surface area contributed by atoms with Crippen molar-refractivity contribution < 1.29 is 17.1 Å². The molecule has 0 amide bonds. The first-order chi connectivity index (χ1) is 18.8. The maximum Gasteiger partial charge on any atom is 2.00 e. The van der Waals surface area contributed by atoms with E-state index in [-0.39, 0.29) is 17.1 Å². The third-order valence-corrected chi connectivity index (χ3v) is 11.8. The quantitative estimate of drug-likeness (QED) is 0.103. The van der Waals surface area contributed by atoms with Gasteiger partial charge in [0, 0.05) is 0 Å². The summed E-state index contributed by atoms with van der Waals surface area (Å²) in [5, 5.41) is 7.16. The molecule has 0 aliphatic heterocycles. The SMILES string of the molecule is CC(c1cc[cH-]c1P(c1ccccc1)c1ccccc1)P(c1ccccc1)c1ccccc1.[Fe+2].c1cc[cH-]c1. The van der Waals surface area contributed by atoms with Crippen LogP contribution in [0.25, 0.3) is 0 Å². The van der Waals surface area contributed by atoms with E-state index in [2.05, 4.69) is 146 Å². The molecule has 0 heterocycles. The number of benzene rings is 4. The minimum absolute atomic E-state index is 0. The van der Waals surface area contributed by atoms with Crippen molar-refractivity contribution in [3.8, 4) is 0 Å². The summed E-state index contributed by atoms with van der Waals surface area (Å²) in [5.41, 5.74) is 1.89. The van der Waals surface area contributed by atoms with Gasteiger partial charge in [-0.3, -0.25) is 0 Å². The Morgan fingerprint density at radius 2 is 0.897 bits per heavy atom. The minimum atomic E-state index is -0.614. The van der Waals surface area contributed by atoms with E-state index in [4.69, 9.17) is 0 Å². The molecule has 0 fully saturated rings. The Morgan fingerprint density at radius 1 is 0.487 bits per heavy atom. The van der Waals surface area contributed by atoms with Crippen LogP contribution in [0.5, 0.6) is 0 Å². The fraction of sp³-hybridized carbons (Fsp3) is 0.0556. The molecule has 0 radical (unpaired) electrons. The summed E-state index contributed by atoms with van der Waals surface area (Å²) in [6.45, 7) is 2.42. The summed E-state index contributed by atoms with van der Waals surface area (Å²) in [7, 11) is -1.15. The largest absolute Gasteiger partial charge is 2.00 e. The van der Waals surface area contributed by atoms with Crippen LogP contribution in [0.2, 0.25) is 0 Å². The van der Waals surface area contributed by atoms with Crippen LogP contribution < -0.4 is 26.5 Å². The molecule has 0 nitrogen and oxygen atoms in total. The Bertz CT molecular complexity index is 1360. The van der Waals surface area contributed by atoms with Gasteiger partial charge in [0.25, 0.3) is 0 Å². The molecular formula is C36H32FeP2. The van der Waals surface area contributed by atoms with Crippen LogP contribution in [-0.4, -0.2) is 0 Å². The third-order valence-electron chi connectivity index (χ3n) is 6.56. The van der Waals surface area contributed by atoms with E-state index >= 15 is 0 Å². The summed E-state index contributed by atoms with van der Waals surface area (Å²) < 4.78 is 0. The van der Waals surface area contributed by atoms with Gasteiger partial charge in [0.05, 0.1) is 0 Å². The molecule has 0 aliphatic rings. The molecular weight excluding hydrogens is 550 g/mol. The molecule has 0 aliphatic carbocycles. The van der Waals surface area contributed by atoms with Crippen molar-refractivity contribution >= 4 is 42.4 Å². The van der Waals surface area contributed by atoms with Crippen LogP contribution in [-0.2, 0) is 17.1 Å². The van der Waals surface area contributed by atoms with Crippen LogP contribution in [0.1, 0.15) is 18.1 Å². The van der Waals surface area contributed by atoms with Gasteiger partial charge >= 0.3 is 17.1 Å². The predicted octanol–water partition coefficient (Wildman–Crippen LogP) is 7.76.